The van der Waals surface area contributed by atoms with Crippen LogP contribution in [0.1, 0.15) is 18.4 Å². The minimum Gasteiger partial charge on any atom is -0.489 e. The van der Waals surface area contributed by atoms with Crippen LogP contribution in [0.4, 0.5) is 0 Å². The fourth-order valence-electron chi connectivity index (χ4n) is 1.32. The maximum atomic E-state index is 6.08. The van der Waals surface area contributed by atoms with E-state index in [1.165, 1.54) is 5.56 Å². The van der Waals surface area contributed by atoms with Gasteiger partial charge in [0, 0.05) is 6.54 Å². The van der Waals surface area contributed by atoms with Crippen molar-refractivity contribution in [1.29, 1.82) is 0 Å². The largest absolute Gasteiger partial charge is 0.489 e. The number of rotatable bonds is 4. The van der Waals surface area contributed by atoms with Crippen LogP contribution in [-0.4, -0.2) is 13.2 Å². The summed E-state index contributed by atoms with van der Waals surface area (Å²) in [5.74, 6) is 0.814. The summed E-state index contributed by atoms with van der Waals surface area (Å²) in [6, 6.07) is 5.95. The molecule has 2 nitrogen and oxygen atoms in total. The number of halogens is 1. The number of ether oxygens (including phenoxy) is 1. The third-order valence-corrected chi connectivity index (χ3v) is 2.49. The van der Waals surface area contributed by atoms with Gasteiger partial charge in [0.1, 0.15) is 5.75 Å². The molecule has 0 heterocycles. The van der Waals surface area contributed by atoms with Gasteiger partial charge in [-0.2, -0.15) is 0 Å². The maximum Gasteiger partial charge on any atom is 0.138 e. The molecule has 1 N–H and O–H groups in total. The Morgan fingerprint density at radius 3 is 2.86 bits per heavy atom. The molecule has 1 saturated carbocycles. The number of nitrogens with one attached hydrogen (secondary N) is 1. The molecule has 0 spiro atoms. The van der Waals surface area contributed by atoms with Crippen molar-refractivity contribution in [1.82, 2.24) is 5.32 Å². The summed E-state index contributed by atoms with van der Waals surface area (Å²) in [6.45, 7) is 0.837. The average molecular weight is 212 g/mol. The molecule has 1 fully saturated rings. The summed E-state index contributed by atoms with van der Waals surface area (Å²) in [5.41, 5.74) is 1.18. The maximum absolute atomic E-state index is 6.08. The summed E-state index contributed by atoms with van der Waals surface area (Å²) in [4.78, 5) is 0. The lowest BCUT2D eigenvalue weighted by atomic mass is 10.2. The van der Waals surface area contributed by atoms with E-state index in [4.69, 9.17) is 16.3 Å². The van der Waals surface area contributed by atoms with Crippen LogP contribution in [0, 0.1) is 0 Å². The Bertz CT molecular complexity index is 323. The van der Waals surface area contributed by atoms with E-state index in [0.29, 0.717) is 11.1 Å². The van der Waals surface area contributed by atoms with Crippen molar-refractivity contribution in [3.05, 3.63) is 28.8 Å². The second-order valence-corrected chi connectivity index (χ2v) is 4.02. The molecule has 0 aromatic heterocycles. The molecule has 1 aromatic rings. The molecule has 0 aliphatic heterocycles. The van der Waals surface area contributed by atoms with Crippen molar-refractivity contribution in [2.75, 3.05) is 7.05 Å². The molecular formula is C11H14ClNO. The van der Waals surface area contributed by atoms with Crippen molar-refractivity contribution in [3.8, 4) is 5.75 Å². The topological polar surface area (TPSA) is 21.3 Å². The van der Waals surface area contributed by atoms with Gasteiger partial charge in [0.25, 0.3) is 0 Å². The molecule has 1 aliphatic carbocycles. The molecule has 14 heavy (non-hydrogen) atoms. The van der Waals surface area contributed by atoms with E-state index in [-0.39, 0.29) is 0 Å². The first kappa shape index (κ1) is 9.81. The summed E-state index contributed by atoms with van der Waals surface area (Å²) < 4.78 is 5.64. The minimum absolute atomic E-state index is 0.405. The summed E-state index contributed by atoms with van der Waals surface area (Å²) >= 11 is 6.08. The molecule has 3 heteroatoms. The van der Waals surface area contributed by atoms with Crippen LogP contribution in [0.2, 0.25) is 5.02 Å². The molecule has 1 aromatic carbocycles. The first-order valence-electron chi connectivity index (χ1n) is 4.89. The standard InChI is InChI=1S/C11H14ClNO/c1-13-7-8-2-5-11(10(12)6-8)14-9-3-4-9/h2,5-6,9,13H,3-4,7H2,1H3. The first-order valence-corrected chi connectivity index (χ1v) is 5.27. The second-order valence-electron chi connectivity index (χ2n) is 3.61. The fourth-order valence-corrected chi connectivity index (χ4v) is 1.57. The van der Waals surface area contributed by atoms with Gasteiger partial charge >= 0.3 is 0 Å². The van der Waals surface area contributed by atoms with E-state index < -0.39 is 0 Å². The van der Waals surface area contributed by atoms with Gasteiger partial charge in [-0.05, 0) is 37.6 Å². The van der Waals surface area contributed by atoms with Crippen LogP contribution in [0.5, 0.6) is 5.75 Å². The molecule has 0 radical (unpaired) electrons. The fraction of sp³-hybridized carbons (Fsp3) is 0.455. The zero-order chi connectivity index (χ0) is 9.97. The van der Waals surface area contributed by atoms with E-state index in [1.807, 2.05) is 25.2 Å². The normalized spacial score (nSPS) is 15.6. The summed E-state index contributed by atoms with van der Waals surface area (Å²) in [7, 11) is 1.92. The average Bonchev–Trinajstić information content (AvgIpc) is 2.94. The van der Waals surface area contributed by atoms with Gasteiger partial charge in [-0.1, -0.05) is 17.7 Å². The van der Waals surface area contributed by atoms with E-state index >= 15 is 0 Å². The molecule has 0 amide bonds. The third-order valence-electron chi connectivity index (χ3n) is 2.20. The Kier molecular flexibility index (Phi) is 2.94. The molecule has 0 bridgehead atoms. The quantitative estimate of drug-likeness (QED) is 0.827. The van der Waals surface area contributed by atoms with E-state index in [1.54, 1.807) is 0 Å². The smallest absolute Gasteiger partial charge is 0.138 e. The molecule has 0 atom stereocenters. The molecular weight excluding hydrogens is 198 g/mol. The van der Waals surface area contributed by atoms with E-state index in [9.17, 15) is 0 Å². The highest BCUT2D eigenvalue weighted by Crippen LogP contribution is 2.32. The van der Waals surface area contributed by atoms with Crippen molar-refractivity contribution in [3.63, 3.8) is 0 Å². The Hall–Kier alpha value is -0.730. The van der Waals surface area contributed by atoms with Crippen molar-refractivity contribution in [2.24, 2.45) is 0 Å². The van der Waals surface area contributed by atoms with Crippen LogP contribution < -0.4 is 10.1 Å². The lowest BCUT2D eigenvalue weighted by molar-refractivity contribution is 0.303. The molecule has 1 aliphatic rings. The highest BCUT2D eigenvalue weighted by atomic mass is 35.5. The number of benzene rings is 1. The van der Waals surface area contributed by atoms with Crippen molar-refractivity contribution < 1.29 is 4.74 Å². The molecule has 0 unspecified atom stereocenters. The second kappa shape index (κ2) is 4.20. The van der Waals surface area contributed by atoms with Gasteiger partial charge in [0.05, 0.1) is 11.1 Å². The SMILES string of the molecule is CNCc1ccc(OC2CC2)c(Cl)c1. The molecule has 2 rings (SSSR count). The lowest BCUT2D eigenvalue weighted by Crippen LogP contribution is -2.05. The van der Waals surface area contributed by atoms with Crippen LogP contribution in [0.3, 0.4) is 0 Å². The highest BCUT2D eigenvalue weighted by molar-refractivity contribution is 6.32. The number of hydrogen-bond acceptors (Lipinski definition) is 2. The summed E-state index contributed by atoms with van der Waals surface area (Å²) in [6.07, 6.45) is 2.73. The Morgan fingerprint density at radius 2 is 2.29 bits per heavy atom. The molecule has 0 saturated heterocycles. The highest BCUT2D eigenvalue weighted by Gasteiger charge is 2.24. The van der Waals surface area contributed by atoms with Crippen LogP contribution >= 0.6 is 11.6 Å². The predicted molar refractivity (Wildman–Crippen MR) is 57.9 cm³/mol. The lowest BCUT2D eigenvalue weighted by Gasteiger charge is -2.08. The Balaban J connectivity index is 2.09. The van der Waals surface area contributed by atoms with Crippen LogP contribution in [-0.2, 0) is 6.54 Å². The van der Waals surface area contributed by atoms with Crippen molar-refractivity contribution >= 4 is 11.6 Å². The third kappa shape index (κ3) is 2.40. The van der Waals surface area contributed by atoms with Gasteiger partial charge < -0.3 is 10.1 Å². The van der Waals surface area contributed by atoms with Gasteiger partial charge in [0.2, 0.25) is 0 Å². The minimum atomic E-state index is 0.405. The van der Waals surface area contributed by atoms with Gasteiger partial charge in [-0.3, -0.25) is 0 Å². The van der Waals surface area contributed by atoms with Crippen molar-refractivity contribution in [2.45, 2.75) is 25.5 Å². The Labute approximate surface area is 89.2 Å². The van der Waals surface area contributed by atoms with Crippen LogP contribution in [0.15, 0.2) is 18.2 Å². The monoisotopic (exact) mass is 211 g/mol. The van der Waals surface area contributed by atoms with Crippen LogP contribution in [0.25, 0.3) is 0 Å². The molecule has 76 valence electrons. The summed E-state index contributed by atoms with van der Waals surface area (Å²) in [5, 5.41) is 3.80. The Morgan fingerprint density at radius 1 is 1.50 bits per heavy atom. The van der Waals surface area contributed by atoms with Gasteiger partial charge in [0.15, 0.2) is 0 Å². The van der Waals surface area contributed by atoms with Gasteiger partial charge in [-0.15, -0.1) is 0 Å². The number of hydrogen-bond donors (Lipinski definition) is 1. The zero-order valence-corrected chi connectivity index (χ0v) is 8.97. The van der Waals surface area contributed by atoms with Gasteiger partial charge in [-0.25, -0.2) is 0 Å². The van der Waals surface area contributed by atoms with E-state index in [2.05, 4.69) is 5.32 Å². The van der Waals surface area contributed by atoms with E-state index in [0.717, 1.165) is 25.1 Å². The zero-order valence-electron chi connectivity index (χ0n) is 8.22. The predicted octanol–water partition coefficient (Wildman–Crippen LogP) is 2.60. The first-order chi connectivity index (χ1) is 6.79.